The highest BCUT2D eigenvalue weighted by molar-refractivity contribution is 5.78. The Kier molecular flexibility index (Phi) is 7.75. The van der Waals surface area contributed by atoms with E-state index in [0.717, 1.165) is 16.7 Å². The van der Waals surface area contributed by atoms with E-state index >= 15 is 0 Å². The fraction of sp³-hybridized carbons (Fsp3) is 0.200. The van der Waals surface area contributed by atoms with Crippen molar-refractivity contribution in [2.24, 2.45) is 0 Å². The summed E-state index contributed by atoms with van der Waals surface area (Å²) in [6, 6.07) is 29.2. The lowest BCUT2D eigenvalue weighted by Crippen LogP contribution is -2.43. The van der Waals surface area contributed by atoms with E-state index in [9.17, 15) is 9.59 Å². The third-order valence-electron chi connectivity index (χ3n) is 4.68. The Bertz CT molecular complexity index is 889. The smallest absolute Gasteiger partial charge is 0.236 e. The number of rotatable bonds is 9. The summed E-state index contributed by atoms with van der Waals surface area (Å²) < 4.78 is 0. The maximum Gasteiger partial charge on any atom is 0.236 e. The topological polar surface area (TPSA) is 61.4 Å². The highest BCUT2D eigenvalue weighted by Gasteiger charge is 2.19. The molecule has 0 saturated carbocycles. The molecule has 0 aliphatic rings. The Hall–Kier alpha value is -3.44. The molecule has 3 aromatic carbocycles. The molecular weight excluding hydrogens is 374 g/mol. The molecule has 154 valence electrons. The molecule has 0 aliphatic heterocycles. The van der Waals surface area contributed by atoms with Crippen LogP contribution in [0, 0.1) is 0 Å². The third-order valence-corrected chi connectivity index (χ3v) is 4.68. The average molecular weight is 402 g/mol. The van der Waals surface area contributed by atoms with Crippen molar-refractivity contribution >= 4 is 11.8 Å². The summed E-state index contributed by atoms with van der Waals surface area (Å²) in [6.07, 6.45) is 0.156. The van der Waals surface area contributed by atoms with Gasteiger partial charge in [-0.25, -0.2) is 5.01 Å². The highest BCUT2D eigenvalue weighted by Crippen LogP contribution is 2.17. The van der Waals surface area contributed by atoms with E-state index in [2.05, 4.69) is 10.7 Å². The largest absolute Gasteiger partial charge is 0.349 e. The van der Waals surface area contributed by atoms with Gasteiger partial charge in [0.2, 0.25) is 11.8 Å². The Morgan fingerprint density at radius 2 is 1.23 bits per heavy atom. The normalized spacial score (nSPS) is 11.7. The van der Waals surface area contributed by atoms with E-state index in [1.165, 1.54) is 6.92 Å². The minimum atomic E-state index is -0.376. The van der Waals surface area contributed by atoms with Crippen molar-refractivity contribution in [2.45, 2.75) is 32.5 Å². The van der Waals surface area contributed by atoms with Gasteiger partial charge in [-0.3, -0.25) is 15.0 Å². The lowest BCUT2D eigenvalue weighted by atomic mass is 10.0. The monoisotopic (exact) mass is 401 g/mol. The van der Waals surface area contributed by atoms with Gasteiger partial charge in [-0.1, -0.05) is 91.0 Å². The van der Waals surface area contributed by atoms with Crippen molar-refractivity contribution in [2.75, 3.05) is 0 Å². The van der Waals surface area contributed by atoms with Gasteiger partial charge in [0.15, 0.2) is 0 Å². The predicted octanol–water partition coefficient (Wildman–Crippen LogP) is 3.99. The van der Waals surface area contributed by atoms with E-state index in [0.29, 0.717) is 13.1 Å². The zero-order chi connectivity index (χ0) is 21.2. The van der Waals surface area contributed by atoms with Gasteiger partial charge in [-0.15, -0.1) is 0 Å². The quantitative estimate of drug-likeness (QED) is 0.533. The van der Waals surface area contributed by atoms with Crippen LogP contribution in [0.1, 0.15) is 36.1 Å². The van der Waals surface area contributed by atoms with Crippen molar-refractivity contribution in [3.63, 3.8) is 0 Å². The van der Waals surface area contributed by atoms with E-state index in [-0.39, 0.29) is 24.3 Å². The predicted molar refractivity (Wildman–Crippen MR) is 118 cm³/mol. The first kappa shape index (κ1) is 21.3. The van der Waals surface area contributed by atoms with Crippen molar-refractivity contribution in [1.29, 1.82) is 0 Å². The highest BCUT2D eigenvalue weighted by atomic mass is 16.2. The number of nitrogens with one attached hydrogen (secondary N) is 2. The zero-order valence-corrected chi connectivity index (χ0v) is 17.1. The molecule has 1 atom stereocenters. The minimum absolute atomic E-state index is 0.149. The minimum Gasteiger partial charge on any atom is -0.349 e. The van der Waals surface area contributed by atoms with Crippen molar-refractivity contribution in [3.8, 4) is 0 Å². The molecule has 2 amide bonds. The van der Waals surface area contributed by atoms with Crippen LogP contribution in [0.4, 0.5) is 0 Å². The van der Waals surface area contributed by atoms with Gasteiger partial charge in [0, 0.05) is 20.0 Å². The first-order valence-electron chi connectivity index (χ1n) is 10.0. The van der Waals surface area contributed by atoms with Crippen LogP contribution in [0.25, 0.3) is 0 Å². The van der Waals surface area contributed by atoms with Gasteiger partial charge >= 0.3 is 0 Å². The molecule has 3 aromatic rings. The third kappa shape index (κ3) is 6.87. The molecule has 0 radical (unpaired) electrons. The van der Waals surface area contributed by atoms with Crippen molar-refractivity contribution in [3.05, 3.63) is 108 Å². The fourth-order valence-corrected chi connectivity index (χ4v) is 3.33. The number of benzene rings is 3. The SMILES string of the molecule is CC(=O)N[C@H](CC(=O)NN(Cc1ccccc1)Cc1ccccc1)c1ccccc1. The van der Waals surface area contributed by atoms with Gasteiger partial charge in [0.25, 0.3) is 0 Å². The Balaban J connectivity index is 1.71. The first-order chi connectivity index (χ1) is 14.6. The van der Waals surface area contributed by atoms with E-state index < -0.39 is 0 Å². The summed E-state index contributed by atoms with van der Waals surface area (Å²) in [5.41, 5.74) is 6.15. The summed E-state index contributed by atoms with van der Waals surface area (Å²) in [5, 5.41) is 4.79. The van der Waals surface area contributed by atoms with Crippen LogP contribution < -0.4 is 10.7 Å². The molecule has 0 heterocycles. The lowest BCUT2D eigenvalue weighted by Gasteiger charge is -2.25. The molecule has 0 fully saturated rings. The van der Waals surface area contributed by atoms with Crippen molar-refractivity contribution in [1.82, 2.24) is 15.8 Å². The number of carbonyl (C=O) groups excluding carboxylic acids is 2. The number of carbonyl (C=O) groups is 2. The van der Waals surface area contributed by atoms with Crippen LogP contribution in [-0.4, -0.2) is 16.8 Å². The molecule has 0 aliphatic carbocycles. The number of hydrogen-bond acceptors (Lipinski definition) is 3. The summed E-state index contributed by atoms with van der Waals surface area (Å²) in [4.78, 5) is 24.6. The van der Waals surface area contributed by atoms with Gasteiger partial charge in [0.1, 0.15) is 0 Å². The molecule has 0 bridgehead atoms. The van der Waals surface area contributed by atoms with E-state index in [1.807, 2.05) is 96.0 Å². The molecule has 3 rings (SSSR count). The number of hydrogen-bond donors (Lipinski definition) is 2. The first-order valence-corrected chi connectivity index (χ1v) is 10.0. The number of nitrogens with zero attached hydrogens (tertiary/aromatic N) is 1. The van der Waals surface area contributed by atoms with Crippen molar-refractivity contribution < 1.29 is 9.59 Å². The van der Waals surface area contributed by atoms with Gasteiger partial charge in [-0.05, 0) is 16.7 Å². The Labute approximate surface area is 177 Å². The molecule has 0 unspecified atom stereocenters. The van der Waals surface area contributed by atoms with E-state index in [1.54, 1.807) is 0 Å². The van der Waals surface area contributed by atoms with Gasteiger partial charge < -0.3 is 5.32 Å². The second kappa shape index (κ2) is 10.9. The molecule has 2 N–H and O–H groups in total. The Morgan fingerprint density at radius 3 is 1.70 bits per heavy atom. The maximum atomic E-state index is 12.9. The summed E-state index contributed by atoms with van der Waals surface area (Å²) in [7, 11) is 0. The molecule has 0 spiro atoms. The standard InChI is InChI=1S/C25H27N3O2/c1-20(29)26-24(23-15-9-4-10-16-23)17-25(30)27-28(18-21-11-5-2-6-12-21)19-22-13-7-3-8-14-22/h2-16,24H,17-19H2,1H3,(H,26,29)(H,27,30)/t24-/m1/s1. The summed E-state index contributed by atoms with van der Waals surface area (Å²) in [6.45, 7) is 2.63. The molecule has 30 heavy (non-hydrogen) atoms. The lowest BCUT2D eigenvalue weighted by molar-refractivity contribution is -0.127. The molecule has 0 saturated heterocycles. The molecule has 5 nitrogen and oxygen atoms in total. The average Bonchev–Trinajstić information content (AvgIpc) is 2.75. The fourth-order valence-electron chi connectivity index (χ4n) is 3.33. The van der Waals surface area contributed by atoms with E-state index in [4.69, 9.17) is 0 Å². The molecule has 0 aromatic heterocycles. The summed E-state index contributed by atoms with van der Waals surface area (Å²) in [5.74, 6) is -0.313. The van der Waals surface area contributed by atoms with Crippen LogP contribution in [0.5, 0.6) is 0 Å². The zero-order valence-electron chi connectivity index (χ0n) is 17.1. The number of amides is 2. The van der Waals surface area contributed by atoms with Crippen LogP contribution in [0.3, 0.4) is 0 Å². The van der Waals surface area contributed by atoms with Crippen LogP contribution in [-0.2, 0) is 22.7 Å². The molecular formula is C25H27N3O2. The van der Waals surface area contributed by atoms with Crippen LogP contribution in [0.2, 0.25) is 0 Å². The number of hydrazine groups is 1. The van der Waals surface area contributed by atoms with Gasteiger partial charge in [-0.2, -0.15) is 0 Å². The van der Waals surface area contributed by atoms with Gasteiger partial charge in [0.05, 0.1) is 12.5 Å². The second-order valence-corrected chi connectivity index (χ2v) is 7.23. The summed E-state index contributed by atoms with van der Waals surface area (Å²) >= 11 is 0. The molecule has 5 heteroatoms. The van der Waals surface area contributed by atoms with Crippen LogP contribution >= 0.6 is 0 Å². The Morgan fingerprint density at radius 1 is 0.767 bits per heavy atom. The maximum absolute atomic E-state index is 12.9. The van der Waals surface area contributed by atoms with Crippen LogP contribution in [0.15, 0.2) is 91.0 Å². The second-order valence-electron chi connectivity index (χ2n) is 7.23.